The lowest BCUT2D eigenvalue weighted by atomic mass is 10.2. The largest absolute Gasteiger partial charge is 0.357 e. The summed E-state index contributed by atoms with van der Waals surface area (Å²) in [7, 11) is 1.81. The fourth-order valence-corrected chi connectivity index (χ4v) is 0.902. The Hall–Kier alpha value is -1.12. The summed E-state index contributed by atoms with van der Waals surface area (Å²) in [6, 6.07) is 0. The van der Waals surface area contributed by atoms with Crippen LogP contribution in [0.2, 0.25) is 0 Å². The lowest BCUT2D eigenvalue weighted by Crippen LogP contribution is -1.96. The lowest BCUT2D eigenvalue weighted by molar-refractivity contribution is 0.901. The third kappa shape index (κ3) is 4.45. The van der Waals surface area contributed by atoms with Gasteiger partial charge in [0.25, 0.3) is 0 Å². The summed E-state index contributed by atoms with van der Waals surface area (Å²) in [6.45, 7) is 6.14. The first kappa shape index (κ1) is 11.9. The molecule has 74 valence electrons. The van der Waals surface area contributed by atoms with E-state index in [0.717, 1.165) is 12.8 Å². The maximum absolute atomic E-state index is 4.09. The number of anilines is 1. The molecule has 1 aromatic rings. The first-order valence-electron chi connectivity index (χ1n) is 4.85. The number of nitrogens with one attached hydrogen (secondary N) is 1. The second-order valence-corrected chi connectivity index (χ2v) is 2.41. The Labute approximate surface area is 80.6 Å². The Morgan fingerprint density at radius 1 is 1.23 bits per heavy atom. The van der Waals surface area contributed by atoms with Gasteiger partial charge in [0.15, 0.2) is 0 Å². The number of nitrogens with zero attached hydrogens (tertiary/aromatic N) is 2. The molecule has 3 nitrogen and oxygen atoms in total. The van der Waals surface area contributed by atoms with Crippen LogP contribution < -0.4 is 5.32 Å². The smallest absolute Gasteiger partial charge is 0.222 e. The lowest BCUT2D eigenvalue weighted by Gasteiger charge is -1.98. The predicted octanol–water partition coefficient (Wildman–Crippen LogP) is 2.50. The molecule has 0 fully saturated rings. The van der Waals surface area contributed by atoms with Gasteiger partial charge in [-0.1, -0.05) is 27.2 Å². The van der Waals surface area contributed by atoms with E-state index < -0.39 is 0 Å². The highest BCUT2D eigenvalue weighted by Gasteiger charge is 1.92. The van der Waals surface area contributed by atoms with E-state index in [9.17, 15) is 0 Å². The van der Waals surface area contributed by atoms with Crippen molar-refractivity contribution < 1.29 is 0 Å². The van der Waals surface area contributed by atoms with Crippen molar-refractivity contribution in [2.75, 3.05) is 12.4 Å². The van der Waals surface area contributed by atoms with Crippen LogP contribution in [0.4, 0.5) is 5.95 Å². The minimum absolute atomic E-state index is 0.685. The third-order valence-corrected chi connectivity index (χ3v) is 1.47. The molecule has 1 aromatic heterocycles. The van der Waals surface area contributed by atoms with Gasteiger partial charge >= 0.3 is 0 Å². The van der Waals surface area contributed by atoms with Gasteiger partial charge in [0.2, 0.25) is 5.95 Å². The monoisotopic (exact) mass is 181 g/mol. The summed E-state index contributed by atoms with van der Waals surface area (Å²) in [6.07, 6.45) is 5.93. The molecule has 0 aliphatic rings. The van der Waals surface area contributed by atoms with Crippen LogP contribution in [0, 0.1) is 0 Å². The number of aromatic nitrogens is 2. The average Bonchev–Trinajstić information content (AvgIpc) is 2.23. The summed E-state index contributed by atoms with van der Waals surface area (Å²) in [5, 5.41) is 2.87. The molecule has 0 radical (unpaired) electrons. The molecule has 0 saturated heterocycles. The molecule has 1 rings (SSSR count). The van der Waals surface area contributed by atoms with Crippen LogP contribution in [0.3, 0.4) is 0 Å². The number of rotatable bonds is 3. The first-order valence-corrected chi connectivity index (χ1v) is 4.85. The third-order valence-electron chi connectivity index (χ3n) is 1.47. The Morgan fingerprint density at radius 3 is 2.15 bits per heavy atom. The van der Waals surface area contributed by atoms with Crippen molar-refractivity contribution in [3.8, 4) is 0 Å². The SMILES string of the molecule is CC.CCCc1cnc(NC)nc1. The van der Waals surface area contributed by atoms with E-state index in [1.54, 1.807) is 0 Å². The molecule has 0 unspecified atom stereocenters. The molecule has 0 aliphatic carbocycles. The van der Waals surface area contributed by atoms with Gasteiger partial charge in [0, 0.05) is 19.4 Å². The number of hydrogen-bond donors (Lipinski definition) is 1. The van der Waals surface area contributed by atoms with E-state index in [1.807, 2.05) is 33.3 Å². The van der Waals surface area contributed by atoms with E-state index in [-0.39, 0.29) is 0 Å². The quantitative estimate of drug-likeness (QED) is 0.778. The predicted molar refractivity (Wildman–Crippen MR) is 56.9 cm³/mol. The molecule has 3 heteroatoms. The van der Waals surface area contributed by atoms with Crippen LogP contribution in [-0.4, -0.2) is 17.0 Å². The van der Waals surface area contributed by atoms with Gasteiger partial charge in [0.1, 0.15) is 0 Å². The molecule has 0 bridgehead atoms. The zero-order valence-electron chi connectivity index (χ0n) is 8.96. The zero-order chi connectivity index (χ0) is 10.1. The van der Waals surface area contributed by atoms with Crippen molar-refractivity contribution >= 4 is 5.95 Å². The molecule has 0 amide bonds. The van der Waals surface area contributed by atoms with Crippen molar-refractivity contribution in [2.24, 2.45) is 0 Å². The number of aryl methyl sites for hydroxylation is 1. The molecule has 1 heterocycles. The van der Waals surface area contributed by atoms with E-state index >= 15 is 0 Å². The van der Waals surface area contributed by atoms with Crippen LogP contribution in [-0.2, 0) is 6.42 Å². The van der Waals surface area contributed by atoms with Crippen molar-refractivity contribution in [3.05, 3.63) is 18.0 Å². The fraction of sp³-hybridized carbons (Fsp3) is 0.600. The first-order chi connectivity index (χ1) is 6.36. The Kier molecular flexibility index (Phi) is 6.88. The molecule has 0 atom stereocenters. The van der Waals surface area contributed by atoms with E-state index in [1.165, 1.54) is 5.56 Å². The summed E-state index contributed by atoms with van der Waals surface area (Å²) < 4.78 is 0. The highest BCUT2D eigenvalue weighted by atomic mass is 15.1. The van der Waals surface area contributed by atoms with Gasteiger partial charge in [-0.2, -0.15) is 0 Å². The molecule has 13 heavy (non-hydrogen) atoms. The Bertz CT molecular complexity index is 206. The molecular weight excluding hydrogens is 162 g/mol. The van der Waals surface area contributed by atoms with Crippen molar-refractivity contribution in [2.45, 2.75) is 33.6 Å². The molecule has 0 spiro atoms. The van der Waals surface area contributed by atoms with Gasteiger partial charge in [-0.3, -0.25) is 0 Å². The van der Waals surface area contributed by atoms with E-state index in [4.69, 9.17) is 0 Å². The zero-order valence-corrected chi connectivity index (χ0v) is 8.96. The maximum Gasteiger partial charge on any atom is 0.222 e. The van der Waals surface area contributed by atoms with E-state index in [0.29, 0.717) is 5.95 Å². The van der Waals surface area contributed by atoms with Gasteiger partial charge in [0.05, 0.1) is 0 Å². The molecule has 0 saturated carbocycles. The highest BCUT2D eigenvalue weighted by Crippen LogP contribution is 2.01. The summed E-state index contributed by atoms with van der Waals surface area (Å²) in [5.74, 6) is 0.685. The molecular formula is C10H19N3. The van der Waals surface area contributed by atoms with Gasteiger partial charge in [-0.15, -0.1) is 0 Å². The highest BCUT2D eigenvalue weighted by molar-refractivity contribution is 5.23. The maximum atomic E-state index is 4.09. The summed E-state index contributed by atoms with van der Waals surface area (Å²) in [4.78, 5) is 8.19. The van der Waals surface area contributed by atoms with Crippen LogP contribution in [0.5, 0.6) is 0 Å². The van der Waals surface area contributed by atoms with Gasteiger partial charge in [-0.25, -0.2) is 9.97 Å². The minimum atomic E-state index is 0.685. The second-order valence-electron chi connectivity index (χ2n) is 2.41. The van der Waals surface area contributed by atoms with Crippen molar-refractivity contribution in [3.63, 3.8) is 0 Å². The van der Waals surface area contributed by atoms with Gasteiger partial charge in [-0.05, 0) is 12.0 Å². The topological polar surface area (TPSA) is 37.8 Å². The van der Waals surface area contributed by atoms with E-state index in [2.05, 4.69) is 22.2 Å². The molecule has 1 N–H and O–H groups in total. The summed E-state index contributed by atoms with van der Waals surface area (Å²) >= 11 is 0. The second kappa shape index (κ2) is 7.53. The average molecular weight is 181 g/mol. The van der Waals surface area contributed by atoms with Crippen LogP contribution in [0.15, 0.2) is 12.4 Å². The summed E-state index contributed by atoms with van der Waals surface area (Å²) in [5.41, 5.74) is 1.20. The van der Waals surface area contributed by atoms with Crippen molar-refractivity contribution in [1.82, 2.24) is 9.97 Å². The Balaban J connectivity index is 0.000000671. The van der Waals surface area contributed by atoms with Crippen LogP contribution in [0.25, 0.3) is 0 Å². The molecule has 0 aliphatic heterocycles. The normalized spacial score (nSPS) is 8.62. The van der Waals surface area contributed by atoms with Crippen LogP contribution in [0.1, 0.15) is 32.8 Å². The fourth-order valence-electron chi connectivity index (χ4n) is 0.902. The minimum Gasteiger partial charge on any atom is -0.357 e. The standard InChI is InChI=1S/C8H13N3.C2H6/c1-3-4-7-5-10-8(9-2)11-6-7;1-2/h5-6H,3-4H2,1-2H3,(H,9,10,11);1-2H3. The van der Waals surface area contributed by atoms with Gasteiger partial charge < -0.3 is 5.32 Å². The van der Waals surface area contributed by atoms with Crippen LogP contribution >= 0.6 is 0 Å². The Morgan fingerprint density at radius 2 is 1.77 bits per heavy atom. The number of hydrogen-bond acceptors (Lipinski definition) is 3. The molecule has 0 aromatic carbocycles. The van der Waals surface area contributed by atoms with Crippen molar-refractivity contribution in [1.29, 1.82) is 0 Å².